The van der Waals surface area contributed by atoms with Crippen LogP contribution in [-0.2, 0) is 4.79 Å². The van der Waals surface area contributed by atoms with E-state index in [1.54, 1.807) is 6.20 Å². The summed E-state index contributed by atoms with van der Waals surface area (Å²) in [6.07, 6.45) is 4.82. The molecule has 30 heavy (non-hydrogen) atoms. The molecule has 0 bridgehead atoms. The van der Waals surface area contributed by atoms with Gasteiger partial charge in [-0.05, 0) is 35.4 Å². The molecule has 0 atom stereocenters. The Morgan fingerprint density at radius 3 is 2.33 bits per heavy atom. The Kier molecular flexibility index (Phi) is 4.50. The fraction of sp³-hybridized carbons (Fsp3) is 0. The number of para-hydroxylation sites is 1. The topological polar surface area (TPSA) is 72.7 Å². The highest BCUT2D eigenvalue weighted by Crippen LogP contribution is 2.29. The van der Waals surface area contributed by atoms with E-state index in [1.807, 2.05) is 66.9 Å². The molecule has 5 rings (SSSR count). The fourth-order valence-electron chi connectivity index (χ4n) is 3.27. The van der Waals surface area contributed by atoms with Gasteiger partial charge < -0.3 is 5.32 Å². The average molecular weight is 390 g/mol. The zero-order valence-corrected chi connectivity index (χ0v) is 15.9. The SMILES string of the molecule is O=[C]c1cnn(-c2nc(Nc3ccccc3)c3cc(-c4ccccc4)ccc3n2)c1. The second kappa shape index (κ2) is 7.60. The zero-order valence-electron chi connectivity index (χ0n) is 15.9. The number of nitrogens with zero attached hydrogens (tertiary/aromatic N) is 4. The van der Waals surface area contributed by atoms with Crippen molar-refractivity contribution >= 4 is 28.7 Å². The average Bonchev–Trinajstić information content (AvgIpc) is 3.29. The van der Waals surface area contributed by atoms with Gasteiger partial charge in [-0.15, -0.1) is 0 Å². The van der Waals surface area contributed by atoms with E-state index in [9.17, 15) is 4.79 Å². The first-order chi connectivity index (χ1) is 14.8. The van der Waals surface area contributed by atoms with Gasteiger partial charge in [-0.1, -0.05) is 54.6 Å². The number of anilines is 2. The molecule has 0 aliphatic carbocycles. The van der Waals surface area contributed by atoms with Gasteiger partial charge in [0.2, 0.25) is 6.29 Å². The summed E-state index contributed by atoms with van der Waals surface area (Å²) in [5.41, 5.74) is 4.22. The third-order valence-corrected chi connectivity index (χ3v) is 4.73. The van der Waals surface area contributed by atoms with Crippen molar-refractivity contribution in [2.75, 3.05) is 5.32 Å². The maximum Gasteiger partial charge on any atom is 0.253 e. The molecule has 1 radical (unpaired) electrons. The van der Waals surface area contributed by atoms with E-state index in [0.29, 0.717) is 17.3 Å². The summed E-state index contributed by atoms with van der Waals surface area (Å²) in [5, 5.41) is 8.45. The standard InChI is InChI=1S/C24H16N5O/c30-16-17-14-25-29(15-17)24-27-22-12-11-19(18-7-3-1-4-8-18)13-21(22)23(28-24)26-20-9-5-2-6-10-20/h1-15H,(H,26,27,28). The van der Waals surface area contributed by atoms with Gasteiger partial charge in [-0.2, -0.15) is 10.1 Å². The summed E-state index contributed by atoms with van der Waals surface area (Å²) in [4.78, 5) is 20.3. The Balaban J connectivity index is 1.68. The highest BCUT2D eigenvalue weighted by atomic mass is 16.1. The minimum absolute atomic E-state index is 0.343. The van der Waals surface area contributed by atoms with Crippen LogP contribution in [0.2, 0.25) is 0 Å². The van der Waals surface area contributed by atoms with Crippen LogP contribution in [0.5, 0.6) is 0 Å². The number of carbonyl (C=O) groups excluding carboxylic acids is 1. The highest BCUT2D eigenvalue weighted by molar-refractivity contribution is 5.94. The number of hydrogen-bond acceptors (Lipinski definition) is 5. The third-order valence-electron chi connectivity index (χ3n) is 4.73. The number of nitrogens with one attached hydrogen (secondary N) is 1. The first-order valence-electron chi connectivity index (χ1n) is 9.43. The summed E-state index contributed by atoms with van der Waals surface area (Å²) in [6.45, 7) is 0. The molecular weight excluding hydrogens is 374 g/mol. The second-order valence-corrected chi connectivity index (χ2v) is 6.74. The Hall–Kier alpha value is -4.32. The molecule has 143 valence electrons. The smallest absolute Gasteiger partial charge is 0.253 e. The third kappa shape index (κ3) is 3.42. The first kappa shape index (κ1) is 17.8. The van der Waals surface area contributed by atoms with Crippen LogP contribution in [0.4, 0.5) is 11.5 Å². The van der Waals surface area contributed by atoms with Gasteiger partial charge >= 0.3 is 0 Å². The van der Waals surface area contributed by atoms with Gasteiger partial charge in [0.15, 0.2) is 0 Å². The normalized spacial score (nSPS) is 10.8. The molecule has 0 saturated carbocycles. The number of rotatable bonds is 5. The van der Waals surface area contributed by atoms with Gasteiger partial charge in [0.25, 0.3) is 5.95 Å². The van der Waals surface area contributed by atoms with E-state index in [2.05, 4.69) is 33.6 Å². The second-order valence-electron chi connectivity index (χ2n) is 6.74. The fourth-order valence-corrected chi connectivity index (χ4v) is 3.27. The monoisotopic (exact) mass is 390 g/mol. The lowest BCUT2D eigenvalue weighted by Crippen LogP contribution is -2.05. The van der Waals surface area contributed by atoms with Crippen molar-refractivity contribution in [3.05, 3.63) is 96.8 Å². The first-order valence-corrected chi connectivity index (χ1v) is 9.43. The van der Waals surface area contributed by atoms with E-state index >= 15 is 0 Å². The minimum Gasteiger partial charge on any atom is -0.340 e. The quantitative estimate of drug-likeness (QED) is 0.472. The maximum atomic E-state index is 10.9. The summed E-state index contributed by atoms with van der Waals surface area (Å²) < 4.78 is 1.47. The molecule has 6 nitrogen and oxygen atoms in total. The van der Waals surface area contributed by atoms with Crippen LogP contribution in [0.1, 0.15) is 5.56 Å². The van der Waals surface area contributed by atoms with Crippen molar-refractivity contribution in [1.29, 1.82) is 0 Å². The molecule has 2 aromatic heterocycles. The molecule has 0 amide bonds. The van der Waals surface area contributed by atoms with Crippen molar-refractivity contribution < 1.29 is 4.79 Å². The number of benzene rings is 3. The molecule has 3 aromatic carbocycles. The van der Waals surface area contributed by atoms with Gasteiger partial charge in [0.05, 0.1) is 17.3 Å². The van der Waals surface area contributed by atoms with Gasteiger partial charge in [0, 0.05) is 17.3 Å². The molecule has 5 aromatic rings. The maximum absolute atomic E-state index is 10.9. The Morgan fingerprint density at radius 2 is 1.60 bits per heavy atom. The molecule has 0 saturated heterocycles. The Bertz CT molecular complexity index is 1330. The molecule has 0 aliphatic rings. The molecule has 0 fully saturated rings. The van der Waals surface area contributed by atoms with E-state index < -0.39 is 0 Å². The Labute approximate surface area is 172 Å². The van der Waals surface area contributed by atoms with E-state index in [4.69, 9.17) is 4.98 Å². The lowest BCUT2D eigenvalue weighted by Gasteiger charge is -2.12. The van der Waals surface area contributed by atoms with Crippen molar-refractivity contribution in [1.82, 2.24) is 19.7 Å². The predicted octanol–water partition coefficient (Wildman–Crippen LogP) is 4.68. The molecule has 2 heterocycles. The number of fused-ring (bicyclic) bond motifs is 1. The largest absolute Gasteiger partial charge is 0.340 e. The van der Waals surface area contributed by atoms with Crippen LogP contribution in [0.15, 0.2) is 91.3 Å². The van der Waals surface area contributed by atoms with E-state index in [1.165, 1.54) is 10.9 Å². The van der Waals surface area contributed by atoms with E-state index in [0.717, 1.165) is 27.7 Å². The summed E-state index contributed by atoms with van der Waals surface area (Å²) in [6, 6.07) is 26.1. The molecule has 1 N–H and O–H groups in total. The predicted molar refractivity (Wildman–Crippen MR) is 117 cm³/mol. The molecule has 0 aliphatic heterocycles. The van der Waals surface area contributed by atoms with Gasteiger partial charge in [0.1, 0.15) is 5.82 Å². The lowest BCUT2D eigenvalue weighted by atomic mass is 10.0. The number of hydrogen-bond donors (Lipinski definition) is 1. The van der Waals surface area contributed by atoms with Gasteiger partial charge in [-0.25, -0.2) is 9.67 Å². The van der Waals surface area contributed by atoms with Crippen LogP contribution < -0.4 is 5.32 Å². The minimum atomic E-state index is 0.343. The Morgan fingerprint density at radius 1 is 0.833 bits per heavy atom. The van der Waals surface area contributed by atoms with Crippen LogP contribution in [0, 0.1) is 0 Å². The molecule has 6 heteroatoms. The van der Waals surface area contributed by atoms with Crippen molar-refractivity contribution in [2.45, 2.75) is 0 Å². The van der Waals surface area contributed by atoms with Crippen LogP contribution in [0.3, 0.4) is 0 Å². The van der Waals surface area contributed by atoms with Crippen molar-refractivity contribution in [3.63, 3.8) is 0 Å². The molecular formula is C24H16N5O. The summed E-state index contributed by atoms with van der Waals surface area (Å²) >= 11 is 0. The highest BCUT2D eigenvalue weighted by Gasteiger charge is 2.12. The van der Waals surface area contributed by atoms with E-state index in [-0.39, 0.29) is 0 Å². The summed E-state index contributed by atoms with van der Waals surface area (Å²) in [5.74, 6) is 1.03. The van der Waals surface area contributed by atoms with Crippen LogP contribution in [-0.4, -0.2) is 26.0 Å². The lowest BCUT2D eigenvalue weighted by molar-refractivity contribution is 0.562. The zero-order chi connectivity index (χ0) is 20.3. The van der Waals surface area contributed by atoms with Crippen molar-refractivity contribution in [3.8, 4) is 17.1 Å². The number of aromatic nitrogens is 4. The summed E-state index contributed by atoms with van der Waals surface area (Å²) in [7, 11) is 0. The molecule has 0 spiro atoms. The van der Waals surface area contributed by atoms with Gasteiger partial charge in [-0.3, -0.25) is 4.79 Å². The van der Waals surface area contributed by atoms with Crippen LogP contribution in [0.25, 0.3) is 28.0 Å². The van der Waals surface area contributed by atoms with Crippen LogP contribution >= 0.6 is 0 Å². The van der Waals surface area contributed by atoms with Crippen molar-refractivity contribution in [2.24, 2.45) is 0 Å². The molecule has 0 unspecified atom stereocenters.